The van der Waals surface area contributed by atoms with Crippen molar-refractivity contribution in [2.75, 3.05) is 27.2 Å². The summed E-state index contributed by atoms with van der Waals surface area (Å²) in [5.41, 5.74) is 5.14. The summed E-state index contributed by atoms with van der Waals surface area (Å²) in [5, 5.41) is 1.93. The van der Waals surface area contributed by atoms with Crippen LogP contribution < -0.4 is 4.74 Å². The van der Waals surface area contributed by atoms with E-state index in [1.54, 1.807) is 7.11 Å². The Labute approximate surface area is 171 Å². The molecule has 144 valence electrons. The third-order valence-electron chi connectivity index (χ3n) is 6.80. The molecule has 0 unspecified atom stereocenters. The fraction of sp³-hybridized carbons (Fsp3) is 0.375. The quantitative estimate of drug-likeness (QED) is 0.621. The minimum absolute atomic E-state index is 0.118. The summed E-state index contributed by atoms with van der Waals surface area (Å²) in [6, 6.07) is 17.0. The van der Waals surface area contributed by atoms with Gasteiger partial charge in [0, 0.05) is 34.5 Å². The lowest BCUT2D eigenvalue weighted by atomic mass is 9.58. The molecule has 3 nitrogen and oxygen atoms in total. The molecule has 2 atom stereocenters. The minimum Gasteiger partial charge on any atom is -0.497 e. The van der Waals surface area contributed by atoms with E-state index in [0.717, 1.165) is 48.6 Å². The van der Waals surface area contributed by atoms with Crippen LogP contribution in [0.25, 0.3) is 10.9 Å². The van der Waals surface area contributed by atoms with Crippen molar-refractivity contribution in [2.24, 2.45) is 5.92 Å². The van der Waals surface area contributed by atoms with Crippen molar-refractivity contribution >= 4 is 22.5 Å². The zero-order valence-electron chi connectivity index (χ0n) is 16.4. The molecule has 1 fully saturated rings. The summed E-state index contributed by atoms with van der Waals surface area (Å²) >= 11 is 6.23. The smallest absolute Gasteiger partial charge is 0.119 e. The van der Waals surface area contributed by atoms with Crippen molar-refractivity contribution in [3.8, 4) is 5.75 Å². The summed E-state index contributed by atoms with van der Waals surface area (Å²) in [5.74, 6) is 1.52. The molecule has 1 aliphatic carbocycles. The van der Waals surface area contributed by atoms with Gasteiger partial charge in [-0.05, 0) is 73.8 Å². The molecule has 3 aromatic rings. The Hall–Kier alpha value is -2.10. The van der Waals surface area contributed by atoms with Gasteiger partial charge in [-0.25, -0.2) is 0 Å². The first-order valence-corrected chi connectivity index (χ1v) is 10.4. The molecular formula is C24H25ClN2O. The van der Waals surface area contributed by atoms with Gasteiger partial charge in [0.2, 0.25) is 0 Å². The Morgan fingerprint density at radius 1 is 1.18 bits per heavy atom. The molecule has 0 amide bonds. The van der Waals surface area contributed by atoms with E-state index < -0.39 is 0 Å². The molecule has 1 aromatic heterocycles. The lowest BCUT2D eigenvalue weighted by Crippen LogP contribution is -2.53. The van der Waals surface area contributed by atoms with Gasteiger partial charge in [-0.15, -0.1) is 0 Å². The van der Waals surface area contributed by atoms with E-state index in [0.29, 0.717) is 5.92 Å². The number of ether oxygens (including phenoxy) is 1. The largest absolute Gasteiger partial charge is 0.497 e. The third kappa shape index (κ3) is 2.89. The minimum atomic E-state index is 0.118. The number of halogens is 1. The highest BCUT2D eigenvalue weighted by molar-refractivity contribution is 6.31. The number of likely N-dealkylation sites (tertiary alicyclic amines) is 1. The summed E-state index contributed by atoms with van der Waals surface area (Å²) in [4.78, 5) is 7.54. The molecule has 5 rings (SSSR count). The maximum absolute atomic E-state index is 6.23. The van der Waals surface area contributed by atoms with E-state index in [1.807, 2.05) is 18.2 Å². The van der Waals surface area contributed by atoms with Gasteiger partial charge in [0.15, 0.2) is 0 Å². The highest BCUT2D eigenvalue weighted by Gasteiger charge is 2.47. The molecule has 1 saturated heterocycles. The van der Waals surface area contributed by atoms with E-state index in [4.69, 9.17) is 21.3 Å². The Bertz CT molecular complexity index is 1050. The lowest BCUT2D eigenvalue weighted by Gasteiger charge is -2.50. The number of fused-ring (bicyclic) bond motifs is 3. The van der Waals surface area contributed by atoms with Crippen LogP contribution in [0.5, 0.6) is 5.75 Å². The van der Waals surface area contributed by atoms with Crippen LogP contribution in [0, 0.1) is 5.92 Å². The number of hydrogen-bond acceptors (Lipinski definition) is 3. The van der Waals surface area contributed by atoms with E-state index in [9.17, 15) is 0 Å². The van der Waals surface area contributed by atoms with E-state index in [1.165, 1.54) is 22.2 Å². The van der Waals surface area contributed by atoms with Crippen molar-refractivity contribution in [3.05, 3.63) is 70.4 Å². The third-order valence-corrected chi connectivity index (χ3v) is 7.03. The van der Waals surface area contributed by atoms with E-state index in [-0.39, 0.29) is 5.41 Å². The number of nitrogens with zero attached hydrogens (tertiary/aromatic N) is 2. The zero-order valence-corrected chi connectivity index (χ0v) is 17.2. The van der Waals surface area contributed by atoms with Crippen LogP contribution >= 0.6 is 11.6 Å². The van der Waals surface area contributed by atoms with Crippen molar-refractivity contribution in [2.45, 2.75) is 24.7 Å². The van der Waals surface area contributed by atoms with Crippen LogP contribution in [0.2, 0.25) is 5.02 Å². The molecule has 1 aliphatic heterocycles. The van der Waals surface area contributed by atoms with Gasteiger partial charge in [-0.1, -0.05) is 29.8 Å². The van der Waals surface area contributed by atoms with E-state index >= 15 is 0 Å². The normalized spacial score (nSPS) is 24.6. The predicted octanol–water partition coefficient (Wildman–Crippen LogP) is 4.89. The van der Waals surface area contributed by atoms with Crippen molar-refractivity contribution < 1.29 is 4.74 Å². The molecule has 0 radical (unpaired) electrons. The second kappa shape index (κ2) is 6.75. The second-order valence-electron chi connectivity index (χ2n) is 8.41. The maximum Gasteiger partial charge on any atom is 0.119 e. The van der Waals surface area contributed by atoms with Gasteiger partial charge >= 0.3 is 0 Å². The summed E-state index contributed by atoms with van der Waals surface area (Å²) in [6.07, 6.45) is 3.20. The molecule has 0 bridgehead atoms. The zero-order chi connectivity index (χ0) is 19.3. The molecule has 28 heavy (non-hydrogen) atoms. The first-order chi connectivity index (χ1) is 13.6. The summed E-state index contributed by atoms with van der Waals surface area (Å²) < 4.78 is 5.54. The monoisotopic (exact) mass is 392 g/mol. The molecule has 0 saturated carbocycles. The lowest BCUT2D eigenvalue weighted by molar-refractivity contribution is 0.0987. The van der Waals surface area contributed by atoms with Crippen LogP contribution in [-0.4, -0.2) is 37.1 Å². The molecule has 0 N–H and O–H groups in total. The van der Waals surface area contributed by atoms with E-state index in [2.05, 4.69) is 42.3 Å². The van der Waals surface area contributed by atoms with Crippen molar-refractivity contribution in [3.63, 3.8) is 0 Å². The van der Waals surface area contributed by atoms with Gasteiger partial charge in [0.05, 0.1) is 12.6 Å². The number of rotatable bonds is 2. The Morgan fingerprint density at radius 2 is 2.07 bits per heavy atom. The molecule has 4 heteroatoms. The van der Waals surface area contributed by atoms with Crippen molar-refractivity contribution in [1.82, 2.24) is 9.88 Å². The fourth-order valence-corrected chi connectivity index (χ4v) is 5.43. The molecular weight excluding hydrogens is 368 g/mol. The molecule has 2 aliphatic rings. The fourth-order valence-electron chi connectivity index (χ4n) is 5.26. The number of benzene rings is 2. The highest BCUT2D eigenvalue weighted by atomic mass is 35.5. The Kier molecular flexibility index (Phi) is 4.33. The average Bonchev–Trinajstić information content (AvgIpc) is 2.71. The second-order valence-corrected chi connectivity index (χ2v) is 8.85. The standard InChI is InChI=1S/C24H25ClN2O/c1-27-9-8-24(18-4-3-5-21(12-18)28-2)14-23-17(11-19(24)15-27)10-16-6-7-20(25)13-22(16)26-23/h3-7,10,12-13,19H,8-9,11,14-15H2,1-2H3/t19-,24-/m0/s1. The number of methoxy groups -OCH3 is 1. The van der Waals surface area contributed by atoms with Gasteiger partial charge in [0.25, 0.3) is 0 Å². The molecule has 0 spiro atoms. The summed E-state index contributed by atoms with van der Waals surface area (Å²) in [7, 11) is 3.99. The van der Waals surface area contributed by atoms with Gasteiger partial charge < -0.3 is 9.64 Å². The van der Waals surface area contributed by atoms with Gasteiger partial charge in [-0.3, -0.25) is 4.98 Å². The van der Waals surface area contributed by atoms with Crippen LogP contribution in [0.4, 0.5) is 0 Å². The van der Waals surface area contributed by atoms with Crippen molar-refractivity contribution in [1.29, 1.82) is 0 Å². The Morgan fingerprint density at radius 3 is 2.93 bits per heavy atom. The van der Waals surface area contributed by atoms with Crippen LogP contribution in [0.3, 0.4) is 0 Å². The average molecular weight is 393 g/mol. The Balaban J connectivity index is 1.65. The SMILES string of the molecule is COc1cccc([C@@]23CCN(C)C[C@@H]2Cc2cc4ccc(Cl)cc4nc2C3)c1. The maximum atomic E-state index is 6.23. The van der Waals surface area contributed by atoms with Gasteiger partial charge in [0.1, 0.15) is 5.75 Å². The predicted molar refractivity (Wildman–Crippen MR) is 114 cm³/mol. The van der Waals surface area contributed by atoms with Gasteiger partial charge in [-0.2, -0.15) is 0 Å². The number of aromatic nitrogens is 1. The van der Waals surface area contributed by atoms with Crippen LogP contribution in [0.1, 0.15) is 23.2 Å². The van der Waals surface area contributed by atoms with Crippen LogP contribution in [0.15, 0.2) is 48.5 Å². The molecule has 2 aromatic carbocycles. The number of hydrogen-bond donors (Lipinski definition) is 0. The summed E-state index contributed by atoms with van der Waals surface area (Å²) in [6.45, 7) is 2.23. The molecule has 2 heterocycles. The number of piperidine rings is 1. The highest BCUT2D eigenvalue weighted by Crippen LogP contribution is 2.48. The topological polar surface area (TPSA) is 25.4 Å². The first kappa shape index (κ1) is 18.0. The van der Waals surface area contributed by atoms with Crippen LogP contribution in [-0.2, 0) is 18.3 Å². The number of pyridine rings is 1. The first-order valence-electron chi connectivity index (χ1n) is 9.98.